The van der Waals surface area contributed by atoms with Crippen LogP contribution >= 0.6 is 15.9 Å². The average Bonchev–Trinajstić information content (AvgIpc) is 2.16. The van der Waals surface area contributed by atoms with E-state index in [-0.39, 0.29) is 12.2 Å². The Kier molecular flexibility index (Phi) is 3.74. The molecule has 5 heteroatoms. The lowest BCUT2D eigenvalue weighted by molar-refractivity contribution is 0.149. The van der Waals surface area contributed by atoms with Gasteiger partial charge in [0.05, 0.1) is 6.61 Å². The van der Waals surface area contributed by atoms with Gasteiger partial charge in [-0.2, -0.15) is 0 Å². The zero-order valence-corrected chi connectivity index (χ0v) is 8.26. The molecular weight excluding hydrogens is 244 g/mol. The van der Waals surface area contributed by atoms with Crippen LogP contribution in [0, 0.1) is 0 Å². The van der Waals surface area contributed by atoms with Gasteiger partial charge in [-0.3, -0.25) is 4.98 Å². The Bertz CT molecular complexity index is 293. The number of aliphatic hydroxyl groups excluding tert-OH is 1. The number of aliphatic hydroxyl groups is 1. The van der Waals surface area contributed by atoms with Gasteiger partial charge in [0.15, 0.2) is 0 Å². The van der Waals surface area contributed by atoms with Crippen molar-refractivity contribution in [2.45, 2.75) is 18.4 Å². The zero-order valence-electron chi connectivity index (χ0n) is 6.67. The first-order valence-corrected chi connectivity index (χ1v) is 4.73. The maximum Gasteiger partial charge on any atom is 0.265 e. The first-order chi connectivity index (χ1) is 6.20. The second-order valence-electron chi connectivity index (χ2n) is 2.46. The molecule has 72 valence electrons. The highest BCUT2D eigenvalue weighted by molar-refractivity contribution is 9.08. The Morgan fingerprint density at radius 3 is 2.62 bits per heavy atom. The van der Waals surface area contributed by atoms with Gasteiger partial charge in [0.2, 0.25) is 0 Å². The summed E-state index contributed by atoms with van der Waals surface area (Å²) in [6, 6.07) is 0. The number of hydrogen-bond donors (Lipinski definition) is 1. The summed E-state index contributed by atoms with van der Waals surface area (Å²) in [5.41, 5.74) is 0.741. The molecule has 0 saturated carbocycles. The molecule has 0 unspecified atom stereocenters. The summed E-state index contributed by atoms with van der Waals surface area (Å²) in [7, 11) is 0. The summed E-state index contributed by atoms with van der Waals surface area (Å²) < 4.78 is 24.8. The molecule has 2 nitrogen and oxygen atoms in total. The molecule has 0 atom stereocenters. The molecular formula is C8H8BrF2NO. The quantitative estimate of drug-likeness (QED) is 0.838. The van der Waals surface area contributed by atoms with Gasteiger partial charge in [-0.15, -0.1) is 0 Å². The Morgan fingerprint density at radius 2 is 2.15 bits per heavy atom. The predicted octanol–water partition coefficient (Wildman–Crippen LogP) is 2.41. The largest absolute Gasteiger partial charge is 0.392 e. The third kappa shape index (κ3) is 2.22. The first-order valence-electron chi connectivity index (χ1n) is 3.61. The Hall–Kier alpha value is -0.550. The summed E-state index contributed by atoms with van der Waals surface area (Å²) in [5.74, 6) is 0. The van der Waals surface area contributed by atoms with Crippen molar-refractivity contribution in [3.05, 3.63) is 29.1 Å². The van der Waals surface area contributed by atoms with Crippen LogP contribution in [0.5, 0.6) is 0 Å². The second kappa shape index (κ2) is 4.62. The highest BCUT2D eigenvalue weighted by Crippen LogP contribution is 2.26. The van der Waals surface area contributed by atoms with E-state index in [2.05, 4.69) is 20.9 Å². The van der Waals surface area contributed by atoms with Crippen LogP contribution in [-0.2, 0) is 11.9 Å². The molecule has 0 saturated heterocycles. The highest BCUT2D eigenvalue weighted by atomic mass is 79.9. The van der Waals surface area contributed by atoms with Crippen molar-refractivity contribution in [3.8, 4) is 0 Å². The number of hydrogen-bond acceptors (Lipinski definition) is 2. The SMILES string of the molecule is OCc1cncc(C(F)F)c1CBr. The average molecular weight is 252 g/mol. The van der Waals surface area contributed by atoms with Crippen molar-refractivity contribution < 1.29 is 13.9 Å². The van der Waals surface area contributed by atoms with Gasteiger partial charge in [0, 0.05) is 28.9 Å². The lowest BCUT2D eigenvalue weighted by Gasteiger charge is -2.09. The predicted molar refractivity (Wildman–Crippen MR) is 47.7 cm³/mol. The molecule has 0 bridgehead atoms. The third-order valence-corrected chi connectivity index (χ3v) is 2.28. The monoisotopic (exact) mass is 251 g/mol. The molecule has 0 aromatic carbocycles. The normalized spacial score (nSPS) is 10.8. The van der Waals surface area contributed by atoms with Crippen molar-refractivity contribution in [2.24, 2.45) is 0 Å². The maximum absolute atomic E-state index is 12.4. The van der Waals surface area contributed by atoms with Crippen molar-refractivity contribution in [1.82, 2.24) is 4.98 Å². The van der Waals surface area contributed by atoms with Crippen LogP contribution < -0.4 is 0 Å². The summed E-state index contributed by atoms with van der Waals surface area (Å²) in [4.78, 5) is 3.62. The summed E-state index contributed by atoms with van der Waals surface area (Å²) in [5, 5.41) is 9.15. The Labute approximate surface area is 82.7 Å². The number of aromatic nitrogens is 1. The van der Waals surface area contributed by atoms with Crippen molar-refractivity contribution >= 4 is 15.9 Å². The number of halogens is 3. The molecule has 0 aliphatic heterocycles. The standard InChI is InChI=1S/C8H8BrF2NO/c9-1-6-5(4-13)2-12-3-7(6)8(10)11/h2-3,8,13H,1,4H2. The summed E-state index contributed by atoms with van der Waals surface area (Å²) in [6.07, 6.45) is -0.0327. The van der Waals surface area contributed by atoms with E-state index >= 15 is 0 Å². The smallest absolute Gasteiger partial charge is 0.265 e. The fourth-order valence-electron chi connectivity index (χ4n) is 1.04. The van der Waals surface area contributed by atoms with Gasteiger partial charge in [0.1, 0.15) is 0 Å². The van der Waals surface area contributed by atoms with Crippen LogP contribution in [0.1, 0.15) is 23.1 Å². The Balaban J connectivity index is 3.19. The molecule has 0 aliphatic carbocycles. The minimum absolute atomic E-state index is 0.122. The van der Waals surface area contributed by atoms with Crippen molar-refractivity contribution in [2.75, 3.05) is 0 Å². The molecule has 1 aromatic heterocycles. The van der Waals surface area contributed by atoms with Gasteiger partial charge in [0.25, 0.3) is 6.43 Å². The van der Waals surface area contributed by atoms with E-state index in [1.165, 1.54) is 6.20 Å². The van der Waals surface area contributed by atoms with Crippen LogP contribution in [0.25, 0.3) is 0 Å². The fraction of sp³-hybridized carbons (Fsp3) is 0.375. The number of rotatable bonds is 3. The van der Waals surface area contributed by atoms with Crippen LogP contribution in [0.15, 0.2) is 12.4 Å². The maximum atomic E-state index is 12.4. The molecule has 0 fully saturated rings. The lowest BCUT2D eigenvalue weighted by Crippen LogP contribution is -2.00. The third-order valence-electron chi connectivity index (χ3n) is 1.72. The second-order valence-corrected chi connectivity index (χ2v) is 3.02. The summed E-state index contributed by atoms with van der Waals surface area (Å²) in [6.45, 7) is -0.269. The van der Waals surface area contributed by atoms with Gasteiger partial charge in [-0.1, -0.05) is 15.9 Å². The highest BCUT2D eigenvalue weighted by Gasteiger charge is 2.15. The van der Waals surface area contributed by atoms with Gasteiger partial charge < -0.3 is 5.11 Å². The van der Waals surface area contributed by atoms with Gasteiger partial charge in [-0.05, 0) is 5.56 Å². The zero-order chi connectivity index (χ0) is 9.84. The van der Waals surface area contributed by atoms with Gasteiger partial charge >= 0.3 is 0 Å². The molecule has 0 radical (unpaired) electrons. The van der Waals surface area contributed by atoms with Crippen LogP contribution in [0.3, 0.4) is 0 Å². The van der Waals surface area contributed by atoms with E-state index in [4.69, 9.17) is 5.11 Å². The molecule has 0 amide bonds. The van der Waals surface area contributed by atoms with E-state index in [1.807, 2.05) is 0 Å². The minimum atomic E-state index is -2.55. The molecule has 0 aliphatic rings. The molecule has 1 N–H and O–H groups in total. The fourth-order valence-corrected chi connectivity index (χ4v) is 1.72. The van der Waals surface area contributed by atoms with Crippen molar-refractivity contribution in [3.63, 3.8) is 0 Å². The van der Waals surface area contributed by atoms with E-state index in [0.717, 1.165) is 6.20 Å². The van der Waals surface area contributed by atoms with Gasteiger partial charge in [-0.25, -0.2) is 8.78 Å². The van der Waals surface area contributed by atoms with E-state index in [0.29, 0.717) is 16.5 Å². The molecule has 1 heterocycles. The number of nitrogens with zero attached hydrogens (tertiary/aromatic N) is 1. The Morgan fingerprint density at radius 1 is 1.46 bits per heavy atom. The van der Waals surface area contributed by atoms with Crippen LogP contribution in [-0.4, -0.2) is 10.1 Å². The van der Waals surface area contributed by atoms with Crippen molar-refractivity contribution in [1.29, 1.82) is 0 Å². The number of pyridine rings is 1. The molecule has 1 rings (SSSR count). The van der Waals surface area contributed by atoms with Crippen LogP contribution in [0.2, 0.25) is 0 Å². The molecule has 0 spiro atoms. The van der Waals surface area contributed by atoms with E-state index in [9.17, 15) is 8.78 Å². The molecule has 13 heavy (non-hydrogen) atoms. The van der Waals surface area contributed by atoms with E-state index < -0.39 is 6.43 Å². The lowest BCUT2D eigenvalue weighted by atomic mass is 10.1. The van der Waals surface area contributed by atoms with E-state index in [1.54, 1.807) is 0 Å². The van der Waals surface area contributed by atoms with Crippen LogP contribution in [0.4, 0.5) is 8.78 Å². The minimum Gasteiger partial charge on any atom is -0.392 e. The topological polar surface area (TPSA) is 33.1 Å². The number of alkyl halides is 3. The molecule has 1 aromatic rings. The first kappa shape index (κ1) is 10.5. The summed E-state index contributed by atoms with van der Waals surface area (Å²) >= 11 is 3.10.